The maximum atomic E-state index is 12.4. The predicted octanol–water partition coefficient (Wildman–Crippen LogP) is 3.13. The summed E-state index contributed by atoms with van der Waals surface area (Å²) < 4.78 is 16.1. The molecule has 0 heterocycles. The zero-order valence-corrected chi connectivity index (χ0v) is 14.3. The Labute approximate surface area is 142 Å². The van der Waals surface area contributed by atoms with E-state index in [9.17, 15) is 4.79 Å². The summed E-state index contributed by atoms with van der Waals surface area (Å²) in [4.78, 5) is 14.1. The highest BCUT2D eigenvalue weighted by Gasteiger charge is 2.14. The van der Waals surface area contributed by atoms with Crippen LogP contribution in [0.25, 0.3) is 0 Å². The molecule has 0 saturated heterocycles. The second kappa shape index (κ2) is 8.82. The highest BCUT2D eigenvalue weighted by atomic mass is 16.5. The van der Waals surface area contributed by atoms with Gasteiger partial charge >= 0.3 is 0 Å². The van der Waals surface area contributed by atoms with Gasteiger partial charge in [0, 0.05) is 13.1 Å². The molecule has 1 amide bonds. The summed E-state index contributed by atoms with van der Waals surface area (Å²) in [5.41, 5.74) is 0.975. The number of ether oxygens (including phenoxy) is 3. The number of para-hydroxylation sites is 1. The Kier molecular flexibility index (Phi) is 6.49. The molecule has 0 atom stereocenters. The summed E-state index contributed by atoms with van der Waals surface area (Å²) in [6.45, 7) is 3.06. The highest BCUT2D eigenvalue weighted by Crippen LogP contribution is 2.28. The number of hydrogen-bond donors (Lipinski definition) is 0. The first-order valence-electron chi connectivity index (χ1n) is 7.84. The lowest BCUT2D eigenvalue weighted by Gasteiger charge is -2.21. The van der Waals surface area contributed by atoms with Crippen LogP contribution in [0.3, 0.4) is 0 Å². The monoisotopic (exact) mass is 329 g/mol. The summed E-state index contributed by atoms with van der Waals surface area (Å²) in [5.74, 6) is 1.95. The Hall–Kier alpha value is -2.69. The molecule has 2 rings (SSSR count). The van der Waals surface area contributed by atoms with Crippen molar-refractivity contribution in [3.05, 3.63) is 54.1 Å². The third kappa shape index (κ3) is 4.65. The fraction of sp³-hybridized carbons (Fsp3) is 0.316. The van der Waals surface area contributed by atoms with Crippen LogP contribution in [0.2, 0.25) is 0 Å². The fourth-order valence-electron chi connectivity index (χ4n) is 2.33. The molecule has 5 heteroatoms. The van der Waals surface area contributed by atoms with E-state index in [1.54, 1.807) is 19.1 Å². The molecule has 0 radical (unpaired) electrons. The van der Waals surface area contributed by atoms with Gasteiger partial charge in [0.05, 0.1) is 14.2 Å². The molecule has 0 saturated carbocycles. The Morgan fingerprint density at radius 1 is 1.00 bits per heavy atom. The number of amides is 1. The van der Waals surface area contributed by atoms with E-state index in [-0.39, 0.29) is 12.5 Å². The third-order valence-corrected chi connectivity index (χ3v) is 3.66. The molecule has 0 aromatic heterocycles. The second-order valence-corrected chi connectivity index (χ2v) is 5.20. The molecule has 0 unspecified atom stereocenters. The van der Waals surface area contributed by atoms with E-state index in [4.69, 9.17) is 14.2 Å². The number of carbonyl (C=O) groups is 1. The van der Waals surface area contributed by atoms with Gasteiger partial charge in [-0.2, -0.15) is 0 Å². The fourth-order valence-corrected chi connectivity index (χ4v) is 2.33. The van der Waals surface area contributed by atoms with E-state index < -0.39 is 0 Å². The minimum atomic E-state index is -0.0591. The van der Waals surface area contributed by atoms with Gasteiger partial charge in [-0.05, 0) is 36.8 Å². The number of methoxy groups -OCH3 is 2. The maximum absolute atomic E-state index is 12.4. The van der Waals surface area contributed by atoms with E-state index in [0.29, 0.717) is 30.3 Å². The lowest BCUT2D eigenvalue weighted by molar-refractivity contribution is -0.133. The van der Waals surface area contributed by atoms with Crippen LogP contribution in [0.1, 0.15) is 12.5 Å². The van der Waals surface area contributed by atoms with Crippen molar-refractivity contribution in [1.82, 2.24) is 4.90 Å². The van der Waals surface area contributed by atoms with Crippen molar-refractivity contribution in [3.63, 3.8) is 0 Å². The Balaban J connectivity index is 1.99. The van der Waals surface area contributed by atoms with Crippen LogP contribution in [-0.2, 0) is 11.3 Å². The maximum Gasteiger partial charge on any atom is 0.260 e. The minimum absolute atomic E-state index is 0.0190. The molecular weight excluding hydrogens is 306 g/mol. The molecule has 0 fully saturated rings. The molecule has 0 aliphatic carbocycles. The van der Waals surface area contributed by atoms with E-state index in [1.807, 2.05) is 55.5 Å². The number of hydrogen-bond acceptors (Lipinski definition) is 4. The lowest BCUT2D eigenvalue weighted by Crippen LogP contribution is -2.34. The average molecular weight is 329 g/mol. The van der Waals surface area contributed by atoms with Crippen LogP contribution < -0.4 is 14.2 Å². The average Bonchev–Trinajstić information content (AvgIpc) is 2.64. The van der Waals surface area contributed by atoms with Gasteiger partial charge in [0.1, 0.15) is 5.75 Å². The molecule has 0 aliphatic rings. The topological polar surface area (TPSA) is 48.0 Å². The van der Waals surface area contributed by atoms with Crippen LogP contribution >= 0.6 is 0 Å². The predicted molar refractivity (Wildman–Crippen MR) is 92.6 cm³/mol. The van der Waals surface area contributed by atoms with Gasteiger partial charge in [-0.25, -0.2) is 0 Å². The minimum Gasteiger partial charge on any atom is -0.493 e. The van der Waals surface area contributed by atoms with Crippen molar-refractivity contribution in [2.45, 2.75) is 13.5 Å². The third-order valence-electron chi connectivity index (χ3n) is 3.66. The standard InChI is InChI=1S/C19H23NO4/c1-4-20(19(21)14-24-16-8-6-5-7-9-16)13-15-10-11-17(22-2)18(12-15)23-3/h5-12H,4,13-14H2,1-3H3. The number of rotatable bonds is 8. The highest BCUT2D eigenvalue weighted by molar-refractivity contribution is 5.77. The summed E-state index contributed by atoms with van der Waals surface area (Å²) >= 11 is 0. The van der Waals surface area contributed by atoms with Gasteiger partial charge in [-0.3, -0.25) is 4.79 Å². The van der Waals surface area contributed by atoms with E-state index in [1.165, 1.54) is 0 Å². The first-order chi connectivity index (χ1) is 11.7. The normalized spacial score (nSPS) is 10.1. The van der Waals surface area contributed by atoms with Gasteiger partial charge in [0.25, 0.3) is 5.91 Å². The van der Waals surface area contributed by atoms with Gasteiger partial charge in [0.2, 0.25) is 0 Å². The summed E-state index contributed by atoms with van der Waals surface area (Å²) in [6.07, 6.45) is 0. The molecule has 0 bridgehead atoms. The SMILES string of the molecule is CCN(Cc1ccc(OC)c(OC)c1)C(=O)COc1ccccc1. The molecule has 0 N–H and O–H groups in total. The molecular formula is C19H23NO4. The molecule has 2 aromatic carbocycles. The summed E-state index contributed by atoms with van der Waals surface area (Å²) in [5, 5.41) is 0. The van der Waals surface area contributed by atoms with Crippen molar-refractivity contribution in [2.24, 2.45) is 0 Å². The van der Waals surface area contributed by atoms with Crippen molar-refractivity contribution >= 4 is 5.91 Å². The van der Waals surface area contributed by atoms with Crippen LogP contribution in [0.4, 0.5) is 0 Å². The van der Waals surface area contributed by atoms with Gasteiger partial charge < -0.3 is 19.1 Å². The van der Waals surface area contributed by atoms with Crippen LogP contribution in [0, 0.1) is 0 Å². The number of benzene rings is 2. The molecule has 5 nitrogen and oxygen atoms in total. The van der Waals surface area contributed by atoms with Gasteiger partial charge in [-0.15, -0.1) is 0 Å². The van der Waals surface area contributed by atoms with Crippen LogP contribution in [0.5, 0.6) is 17.2 Å². The Morgan fingerprint density at radius 3 is 2.33 bits per heavy atom. The number of carbonyl (C=O) groups excluding carboxylic acids is 1. The molecule has 0 aliphatic heterocycles. The van der Waals surface area contributed by atoms with Gasteiger partial charge in [-0.1, -0.05) is 24.3 Å². The first-order valence-corrected chi connectivity index (χ1v) is 7.84. The molecule has 24 heavy (non-hydrogen) atoms. The second-order valence-electron chi connectivity index (χ2n) is 5.20. The lowest BCUT2D eigenvalue weighted by atomic mass is 10.2. The molecule has 0 spiro atoms. The summed E-state index contributed by atoms with van der Waals surface area (Å²) in [6, 6.07) is 15.0. The Bertz CT molecular complexity index is 658. The van der Waals surface area contributed by atoms with Crippen LogP contribution in [-0.4, -0.2) is 38.2 Å². The largest absolute Gasteiger partial charge is 0.493 e. The summed E-state index contributed by atoms with van der Waals surface area (Å²) in [7, 11) is 3.19. The molecule has 2 aromatic rings. The van der Waals surface area contributed by atoms with Crippen molar-refractivity contribution < 1.29 is 19.0 Å². The van der Waals surface area contributed by atoms with Crippen molar-refractivity contribution in [1.29, 1.82) is 0 Å². The molecule has 128 valence electrons. The van der Waals surface area contributed by atoms with Gasteiger partial charge in [0.15, 0.2) is 18.1 Å². The smallest absolute Gasteiger partial charge is 0.260 e. The van der Waals surface area contributed by atoms with Crippen molar-refractivity contribution in [3.8, 4) is 17.2 Å². The first kappa shape index (κ1) is 17.7. The number of likely N-dealkylation sites (N-methyl/N-ethyl adjacent to an activating group) is 1. The van der Waals surface area contributed by atoms with Crippen molar-refractivity contribution in [2.75, 3.05) is 27.4 Å². The van der Waals surface area contributed by atoms with E-state index in [2.05, 4.69) is 0 Å². The quantitative estimate of drug-likeness (QED) is 0.746. The van der Waals surface area contributed by atoms with E-state index >= 15 is 0 Å². The zero-order chi connectivity index (χ0) is 17.4. The number of nitrogens with zero attached hydrogens (tertiary/aromatic N) is 1. The Morgan fingerprint density at radius 2 is 1.71 bits per heavy atom. The van der Waals surface area contributed by atoms with E-state index in [0.717, 1.165) is 5.56 Å². The zero-order valence-electron chi connectivity index (χ0n) is 14.3. The van der Waals surface area contributed by atoms with Crippen LogP contribution in [0.15, 0.2) is 48.5 Å².